The number of ether oxygens (including phenoxy) is 1. The molecule has 4 nitrogen and oxygen atoms in total. The molecule has 114 valence electrons. The summed E-state index contributed by atoms with van der Waals surface area (Å²) < 4.78 is 8.48. The van der Waals surface area contributed by atoms with Crippen LogP contribution in [-0.4, -0.2) is 36.6 Å². The molecule has 1 N–H and O–H groups in total. The van der Waals surface area contributed by atoms with Crippen molar-refractivity contribution in [3.05, 3.63) is 15.9 Å². The summed E-state index contributed by atoms with van der Waals surface area (Å²) in [6.45, 7) is 8.08. The van der Waals surface area contributed by atoms with Crippen molar-refractivity contribution in [2.24, 2.45) is 5.41 Å². The fourth-order valence-corrected chi connectivity index (χ4v) is 3.37. The minimum atomic E-state index is 0.439. The van der Waals surface area contributed by atoms with Gasteiger partial charge in [-0.05, 0) is 54.0 Å². The van der Waals surface area contributed by atoms with Crippen molar-refractivity contribution in [1.29, 1.82) is 0 Å². The van der Waals surface area contributed by atoms with E-state index in [1.807, 2.05) is 0 Å². The molecule has 0 amide bonds. The van der Waals surface area contributed by atoms with E-state index in [1.54, 1.807) is 7.11 Å². The second-order valence-electron chi connectivity index (χ2n) is 5.72. The van der Waals surface area contributed by atoms with Gasteiger partial charge in [-0.2, -0.15) is 5.10 Å². The quantitative estimate of drug-likeness (QED) is 0.700. The molecule has 0 unspecified atom stereocenters. The average Bonchev–Trinajstić information content (AvgIpc) is 3.16. The molecule has 1 heterocycles. The molecule has 1 aliphatic rings. The Kier molecular flexibility index (Phi) is 5.64. The fraction of sp³-hybridized carbons (Fsp3) is 0.800. The van der Waals surface area contributed by atoms with Crippen LogP contribution in [0.25, 0.3) is 0 Å². The lowest BCUT2D eigenvalue weighted by Crippen LogP contribution is -2.29. The Morgan fingerprint density at radius 1 is 1.40 bits per heavy atom. The SMILES string of the molecule is CCc1nn(CC)c(CC2(CNCCOC)CC2)c1Br. The summed E-state index contributed by atoms with van der Waals surface area (Å²) in [5, 5.41) is 8.21. The first-order valence-corrected chi connectivity index (χ1v) is 8.38. The van der Waals surface area contributed by atoms with Crippen LogP contribution in [-0.2, 0) is 24.1 Å². The summed E-state index contributed by atoms with van der Waals surface area (Å²) in [5.41, 5.74) is 2.99. The van der Waals surface area contributed by atoms with Gasteiger partial charge in [-0.1, -0.05) is 6.92 Å². The van der Waals surface area contributed by atoms with Crippen molar-refractivity contribution in [2.45, 2.75) is 46.1 Å². The normalized spacial score (nSPS) is 16.6. The minimum absolute atomic E-state index is 0.439. The summed E-state index contributed by atoms with van der Waals surface area (Å²) in [5.74, 6) is 0. The lowest BCUT2D eigenvalue weighted by Gasteiger charge is -2.17. The van der Waals surface area contributed by atoms with Gasteiger partial charge in [0.2, 0.25) is 0 Å². The van der Waals surface area contributed by atoms with Gasteiger partial charge < -0.3 is 10.1 Å². The molecule has 0 aromatic carbocycles. The molecule has 0 saturated heterocycles. The lowest BCUT2D eigenvalue weighted by atomic mass is 9.99. The maximum absolute atomic E-state index is 5.08. The van der Waals surface area contributed by atoms with E-state index in [9.17, 15) is 0 Å². The third-order valence-corrected chi connectivity index (χ3v) is 5.09. The summed E-state index contributed by atoms with van der Waals surface area (Å²) in [4.78, 5) is 0. The van der Waals surface area contributed by atoms with Crippen molar-refractivity contribution in [3.63, 3.8) is 0 Å². The molecule has 2 rings (SSSR count). The number of hydrogen-bond donors (Lipinski definition) is 1. The molecule has 1 aromatic rings. The highest BCUT2D eigenvalue weighted by Crippen LogP contribution is 2.48. The van der Waals surface area contributed by atoms with Gasteiger partial charge in [0.15, 0.2) is 0 Å². The van der Waals surface area contributed by atoms with Gasteiger partial charge in [0.1, 0.15) is 0 Å². The number of methoxy groups -OCH3 is 1. The van der Waals surface area contributed by atoms with Crippen molar-refractivity contribution in [3.8, 4) is 0 Å². The number of rotatable bonds is 9. The van der Waals surface area contributed by atoms with E-state index < -0.39 is 0 Å². The maximum Gasteiger partial charge on any atom is 0.0766 e. The van der Waals surface area contributed by atoms with Crippen LogP contribution in [0.4, 0.5) is 0 Å². The molecule has 0 radical (unpaired) electrons. The molecule has 1 aromatic heterocycles. The first-order valence-electron chi connectivity index (χ1n) is 7.59. The van der Waals surface area contributed by atoms with Crippen molar-refractivity contribution >= 4 is 15.9 Å². The van der Waals surface area contributed by atoms with Gasteiger partial charge >= 0.3 is 0 Å². The molecule has 0 aliphatic heterocycles. The van der Waals surface area contributed by atoms with Crippen molar-refractivity contribution in [1.82, 2.24) is 15.1 Å². The van der Waals surface area contributed by atoms with Gasteiger partial charge in [-0.25, -0.2) is 0 Å². The Morgan fingerprint density at radius 3 is 2.70 bits per heavy atom. The van der Waals surface area contributed by atoms with Crippen LogP contribution >= 0.6 is 15.9 Å². The van der Waals surface area contributed by atoms with E-state index in [0.29, 0.717) is 5.41 Å². The summed E-state index contributed by atoms with van der Waals surface area (Å²) in [6.07, 6.45) is 4.74. The Labute approximate surface area is 130 Å². The van der Waals surface area contributed by atoms with Crippen LogP contribution in [0, 0.1) is 5.41 Å². The molecular weight excluding hydrogens is 318 g/mol. The van der Waals surface area contributed by atoms with Gasteiger partial charge in [0.25, 0.3) is 0 Å². The number of nitrogens with one attached hydrogen (secondary N) is 1. The van der Waals surface area contributed by atoms with Crippen LogP contribution in [0.1, 0.15) is 38.1 Å². The number of aryl methyl sites for hydroxylation is 2. The van der Waals surface area contributed by atoms with E-state index in [4.69, 9.17) is 9.84 Å². The topological polar surface area (TPSA) is 39.1 Å². The first kappa shape index (κ1) is 16.0. The molecule has 1 fully saturated rings. The van der Waals surface area contributed by atoms with E-state index in [1.165, 1.54) is 28.7 Å². The number of nitrogens with zero attached hydrogens (tertiary/aromatic N) is 2. The Balaban J connectivity index is 2.00. The highest BCUT2D eigenvalue weighted by atomic mass is 79.9. The summed E-state index contributed by atoms with van der Waals surface area (Å²) >= 11 is 3.75. The third-order valence-electron chi connectivity index (χ3n) is 4.18. The van der Waals surface area contributed by atoms with Gasteiger partial charge in [0.05, 0.1) is 22.5 Å². The molecule has 1 aliphatic carbocycles. The first-order chi connectivity index (χ1) is 9.65. The zero-order chi connectivity index (χ0) is 14.6. The molecule has 1 saturated carbocycles. The fourth-order valence-electron chi connectivity index (χ4n) is 2.66. The largest absolute Gasteiger partial charge is 0.383 e. The Morgan fingerprint density at radius 2 is 2.15 bits per heavy atom. The molecule has 0 atom stereocenters. The average molecular weight is 344 g/mol. The van der Waals surface area contributed by atoms with Crippen molar-refractivity contribution in [2.75, 3.05) is 26.8 Å². The Hall–Kier alpha value is -0.390. The van der Waals surface area contributed by atoms with Crippen LogP contribution in [0.2, 0.25) is 0 Å². The van der Waals surface area contributed by atoms with Gasteiger partial charge in [-0.3, -0.25) is 4.68 Å². The van der Waals surface area contributed by atoms with Crippen LogP contribution in [0.15, 0.2) is 4.47 Å². The smallest absolute Gasteiger partial charge is 0.0766 e. The zero-order valence-corrected chi connectivity index (χ0v) is 14.4. The summed E-state index contributed by atoms with van der Waals surface area (Å²) in [7, 11) is 1.75. The van der Waals surface area contributed by atoms with Crippen LogP contribution in [0.3, 0.4) is 0 Å². The zero-order valence-electron chi connectivity index (χ0n) is 12.8. The third kappa shape index (κ3) is 3.62. The highest BCUT2D eigenvalue weighted by molar-refractivity contribution is 9.10. The van der Waals surface area contributed by atoms with E-state index in [2.05, 4.69) is 39.8 Å². The van der Waals surface area contributed by atoms with Gasteiger partial charge in [-0.15, -0.1) is 0 Å². The predicted molar refractivity (Wildman–Crippen MR) is 85.1 cm³/mol. The molecule has 5 heteroatoms. The number of halogens is 1. The minimum Gasteiger partial charge on any atom is -0.383 e. The molecular formula is C15H26BrN3O. The van der Waals surface area contributed by atoms with Crippen molar-refractivity contribution < 1.29 is 4.74 Å². The Bertz CT molecular complexity index is 441. The highest BCUT2D eigenvalue weighted by Gasteiger charge is 2.43. The molecule has 0 bridgehead atoms. The predicted octanol–water partition coefficient (Wildman–Crippen LogP) is 2.79. The van der Waals surface area contributed by atoms with Gasteiger partial charge in [0, 0.05) is 26.7 Å². The maximum atomic E-state index is 5.08. The van der Waals surface area contributed by atoms with E-state index in [-0.39, 0.29) is 0 Å². The monoisotopic (exact) mass is 343 g/mol. The van der Waals surface area contributed by atoms with E-state index >= 15 is 0 Å². The lowest BCUT2D eigenvalue weighted by molar-refractivity contribution is 0.197. The number of aromatic nitrogens is 2. The molecule has 20 heavy (non-hydrogen) atoms. The second kappa shape index (κ2) is 7.05. The number of hydrogen-bond acceptors (Lipinski definition) is 3. The standard InChI is InChI=1S/C15H26BrN3O/c1-4-12-14(16)13(19(5-2)18-12)10-15(6-7-15)11-17-8-9-20-3/h17H,4-11H2,1-3H3. The second-order valence-corrected chi connectivity index (χ2v) is 6.52. The van der Waals surface area contributed by atoms with Crippen LogP contribution in [0.5, 0.6) is 0 Å². The van der Waals surface area contributed by atoms with Crippen LogP contribution < -0.4 is 5.32 Å². The summed E-state index contributed by atoms with van der Waals surface area (Å²) in [6, 6.07) is 0. The van der Waals surface area contributed by atoms with E-state index in [0.717, 1.165) is 39.1 Å². The molecule has 0 spiro atoms.